The molecule has 1 aliphatic heterocycles. The van der Waals surface area contributed by atoms with Gasteiger partial charge in [0, 0.05) is 15.8 Å². The molecule has 124 valence electrons. The van der Waals surface area contributed by atoms with Crippen LogP contribution in [0.25, 0.3) is 11.1 Å². The average Bonchev–Trinajstić information content (AvgIpc) is 2.87. The molecule has 4 nitrogen and oxygen atoms in total. The van der Waals surface area contributed by atoms with Gasteiger partial charge in [-0.05, 0) is 35.4 Å². The molecule has 0 aromatic heterocycles. The molecule has 24 heavy (non-hydrogen) atoms. The fraction of sp³-hybridized carbons (Fsp3) is 0.167. The van der Waals surface area contributed by atoms with Crippen molar-refractivity contribution in [3.63, 3.8) is 0 Å². The van der Waals surface area contributed by atoms with Gasteiger partial charge in [-0.25, -0.2) is 8.42 Å². The Balaban J connectivity index is 1.61. The number of carbonyl (C=O) groups excluding carboxylic acids is 1. The van der Waals surface area contributed by atoms with Crippen LogP contribution >= 0.6 is 15.9 Å². The minimum absolute atomic E-state index is 0.0232. The van der Waals surface area contributed by atoms with E-state index in [0.29, 0.717) is 5.75 Å². The number of benzene rings is 2. The monoisotopic (exact) mass is 406 g/mol. The standard InChI is InChI=1S/C18H15BrO4S/c19-16-5-1-14(2-6-16)15-3-7-17(8-4-15)23-18(20)11-13-9-10-24(21,22)12-13/h1-10,13H,11-12H2/t13-/m0/s1. The molecule has 0 spiro atoms. The van der Waals surface area contributed by atoms with Gasteiger partial charge < -0.3 is 4.74 Å². The van der Waals surface area contributed by atoms with Crippen molar-refractivity contribution in [3.8, 4) is 16.9 Å². The lowest BCUT2D eigenvalue weighted by Crippen LogP contribution is -2.15. The van der Waals surface area contributed by atoms with Crippen molar-refractivity contribution in [2.75, 3.05) is 5.75 Å². The highest BCUT2D eigenvalue weighted by Gasteiger charge is 2.24. The molecule has 0 N–H and O–H groups in total. The Morgan fingerprint density at radius 2 is 1.62 bits per heavy atom. The quantitative estimate of drug-likeness (QED) is 0.569. The summed E-state index contributed by atoms with van der Waals surface area (Å²) in [5, 5.41) is 1.16. The summed E-state index contributed by atoms with van der Waals surface area (Å²) in [6.07, 6.45) is 1.61. The third-order valence-electron chi connectivity index (χ3n) is 3.70. The number of sulfone groups is 1. The summed E-state index contributed by atoms with van der Waals surface area (Å²) in [4.78, 5) is 11.9. The Morgan fingerprint density at radius 3 is 2.17 bits per heavy atom. The summed E-state index contributed by atoms with van der Waals surface area (Å²) < 4.78 is 29.0. The molecule has 0 saturated carbocycles. The van der Waals surface area contributed by atoms with Gasteiger partial charge in [-0.3, -0.25) is 4.79 Å². The summed E-state index contributed by atoms with van der Waals surface area (Å²) in [5.41, 5.74) is 2.09. The normalized spacial score (nSPS) is 18.5. The average molecular weight is 407 g/mol. The van der Waals surface area contributed by atoms with Gasteiger partial charge in [-0.1, -0.05) is 46.3 Å². The Kier molecular flexibility index (Phi) is 4.87. The van der Waals surface area contributed by atoms with E-state index in [1.54, 1.807) is 18.2 Å². The molecule has 2 aromatic rings. The summed E-state index contributed by atoms with van der Waals surface area (Å²) in [6.45, 7) is 0. The molecule has 1 atom stereocenters. The van der Waals surface area contributed by atoms with Crippen LogP contribution in [-0.2, 0) is 14.6 Å². The second kappa shape index (κ2) is 6.91. The number of rotatable bonds is 4. The Morgan fingerprint density at radius 1 is 1.04 bits per heavy atom. The van der Waals surface area contributed by atoms with Gasteiger partial charge in [-0.2, -0.15) is 0 Å². The first-order valence-corrected chi connectivity index (χ1v) is 9.90. The highest BCUT2D eigenvalue weighted by Crippen LogP contribution is 2.25. The Labute approximate surface area is 149 Å². The van der Waals surface area contributed by atoms with Crippen LogP contribution in [0.5, 0.6) is 5.75 Å². The molecule has 0 amide bonds. The van der Waals surface area contributed by atoms with Crippen LogP contribution < -0.4 is 4.74 Å². The number of hydrogen-bond acceptors (Lipinski definition) is 4. The minimum atomic E-state index is -3.14. The number of halogens is 1. The maximum Gasteiger partial charge on any atom is 0.311 e. The molecule has 0 saturated heterocycles. The van der Waals surface area contributed by atoms with E-state index in [9.17, 15) is 13.2 Å². The van der Waals surface area contributed by atoms with E-state index in [2.05, 4.69) is 15.9 Å². The molecule has 1 heterocycles. The van der Waals surface area contributed by atoms with Crippen molar-refractivity contribution in [3.05, 3.63) is 64.5 Å². The molecule has 1 aliphatic rings. The van der Waals surface area contributed by atoms with Crippen LogP contribution in [-0.4, -0.2) is 20.1 Å². The van der Waals surface area contributed by atoms with Crippen molar-refractivity contribution in [2.45, 2.75) is 6.42 Å². The minimum Gasteiger partial charge on any atom is -0.427 e. The number of allylic oxidation sites excluding steroid dienone is 1. The van der Waals surface area contributed by atoms with Crippen molar-refractivity contribution >= 4 is 31.7 Å². The topological polar surface area (TPSA) is 60.4 Å². The first-order chi connectivity index (χ1) is 11.4. The first-order valence-electron chi connectivity index (χ1n) is 7.39. The SMILES string of the molecule is O=C(C[C@@H]1C=CS(=O)(=O)C1)Oc1ccc(-c2ccc(Br)cc2)cc1. The third kappa shape index (κ3) is 4.33. The largest absolute Gasteiger partial charge is 0.427 e. The molecule has 2 aromatic carbocycles. The number of esters is 1. The van der Waals surface area contributed by atoms with E-state index in [-0.39, 0.29) is 18.1 Å². The van der Waals surface area contributed by atoms with E-state index in [0.717, 1.165) is 21.0 Å². The molecule has 6 heteroatoms. The molecular weight excluding hydrogens is 392 g/mol. The van der Waals surface area contributed by atoms with Crippen LogP contribution in [0.2, 0.25) is 0 Å². The fourth-order valence-electron chi connectivity index (χ4n) is 2.51. The highest BCUT2D eigenvalue weighted by molar-refractivity contribution is 9.10. The lowest BCUT2D eigenvalue weighted by atomic mass is 10.1. The van der Waals surface area contributed by atoms with Crippen molar-refractivity contribution < 1.29 is 17.9 Å². The van der Waals surface area contributed by atoms with Gasteiger partial charge in [0.25, 0.3) is 0 Å². The molecular formula is C18H15BrO4S. The summed E-state index contributed by atoms with van der Waals surface area (Å²) in [5.74, 6) is -0.307. The molecule has 0 fully saturated rings. The predicted molar refractivity (Wildman–Crippen MR) is 96.2 cm³/mol. The lowest BCUT2D eigenvalue weighted by molar-refractivity contribution is -0.134. The van der Waals surface area contributed by atoms with E-state index in [4.69, 9.17) is 4.74 Å². The van der Waals surface area contributed by atoms with E-state index in [1.807, 2.05) is 36.4 Å². The maximum atomic E-state index is 11.9. The van der Waals surface area contributed by atoms with Gasteiger partial charge in [0.2, 0.25) is 0 Å². The molecule has 0 radical (unpaired) electrons. The Bertz CT molecular complexity index is 868. The van der Waals surface area contributed by atoms with E-state index >= 15 is 0 Å². The van der Waals surface area contributed by atoms with E-state index < -0.39 is 15.8 Å². The van der Waals surface area contributed by atoms with Gasteiger partial charge in [-0.15, -0.1) is 0 Å². The van der Waals surface area contributed by atoms with Crippen LogP contribution in [0, 0.1) is 5.92 Å². The van der Waals surface area contributed by atoms with Crippen LogP contribution in [0.3, 0.4) is 0 Å². The zero-order valence-electron chi connectivity index (χ0n) is 12.7. The first kappa shape index (κ1) is 16.9. The number of carbonyl (C=O) groups is 1. The molecule has 0 aliphatic carbocycles. The third-order valence-corrected chi connectivity index (χ3v) is 5.69. The number of hydrogen-bond donors (Lipinski definition) is 0. The smallest absolute Gasteiger partial charge is 0.311 e. The molecule has 0 unspecified atom stereocenters. The Hall–Kier alpha value is -1.92. The van der Waals surface area contributed by atoms with Gasteiger partial charge in [0.05, 0.1) is 12.2 Å². The molecule has 3 rings (SSSR count). The van der Waals surface area contributed by atoms with Gasteiger partial charge in [0.15, 0.2) is 9.84 Å². The van der Waals surface area contributed by atoms with Crippen molar-refractivity contribution in [1.29, 1.82) is 0 Å². The number of ether oxygens (including phenoxy) is 1. The lowest BCUT2D eigenvalue weighted by Gasteiger charge is -2.08. The van der Waals surface area contributed by atoms with Crippen LogP contribution in [0.4, 0.5) is 0 Å². The summed E-state index contributed by atoms with van der Waals surface area (Å²) in [6, 6.07) is 15.2. The summed E-state index contributed by atoms with van der Waals surface area (Å²) >= 11 is 3.40. The van der Waals surface area contributed by atoms with Crippen molar-refractivity contribution in [2.24, 2.45) is 5.92 Å². The second-order valence-corrected chi connectivity index (χ2v) is 8.47. The predicted octanol–water partition coefficient (Wildman–Crippen LogP) is 3.97. The summed E-state index contributed by atoms with van der Waals surface area (Å²) in [7, 11) is -3.14. The maximum absolute atomic E-state index is 11.9. The van der Waals surface area contributed by atoms with Gasteiger partial charge >= 0.3 is 5.97 Å². The zero-order chi connectivity index (χ0) is 17.2. The van der Waals surface area contributed by atoms with E-state index in [1.165, 1.54) is 0 Å². The molecule has 0 bridgehead atoms. The zero-order valence-corrected chi connectivity index (χ0v) is 15.1. The fourth-order valence-corrected chi connectivity index (χ4v) is 4.18. The second-order valence-electron chi connectivity index (χ2n) is 5.63. The van der Waals surface area contributed by atoms with Crippen LogP contribution in [0.1, 0.15) is 6.42 Å². The van der Waals surface area contributed by atoms with Crippen LogP contribution in [0.15, 0.2) is 64.5 Å². The highest BCUT2D eigenvalue weighted by atomic mass is 79.9. The van der Waals surface area contributed by atoms with Gasteiger partial charge in [0.1, 0.15) is 5.75 Å². The van der Waals surface area contributed by atoms with Crippen molar-refractivity contribution in [1.82, 2.24) is 0 Å².